The Labute approximate surface area is 142 Å². The molecule has 0 fully saturated rings. The molecule has 24 heavy (non-hydrogen) atoms. The first-order chi connectivity index (χ1) is 11.8. The number of nitrogens with one attached hydrogen (secondary N) is 2. The molecule has 0 radical (unpaired) electrons. The number of hydrogen-bond acceptors (Lipinski definition) is 4. The Morgan fingerprint density at radius 2 is 2.21 bits per heavy atom. The number of carbonyl (C=O) groups excluding carboxylic acids is 1. The molecule has 0 spiro atoms. The van der Waals surface area contributed by atoms with Crippen LogP contribution in [0.3, 0.4) is 0 Å². The third-order valence-electron chi connectivity index (χ3n) is 4.16. The smallest absolute Gasteiger partial charge is 0.269 e. The van der Waals surface area contributed by atoms with E-state index in [1.165, 1.54) is 31.3 Å². The normalized spacial score (nSPS) is 14.1. The Morgan fingerprint density at radius 3 is 2.92 bits per heavy atom. The molecule has 126 valence electrons. The molecule has 2 heterocycles. The summed E-state index contributed by atoms with van der Waals surface area (Å²) in [5.41, 5.74) is 2.76. The van der Waals surface area contributed by atoms with E-state index in [2.05, 4.69) is 21.7 Å². The molecule has 2 N–H and O–H groups in total. The Bertz CT molecular complexity index is 675. The van der Waals surface area contributed by atoms with E-state index in [1.807, 2.05) is 18.2 Å². The van der Waals surface area contributed by atoms with Gasteiger partial charge in [-0.2, -0.15) is 0 Å². The first kappa shape index (κ1) is 16.3. The Balaban J connectivity index is 1.44. The second-order valence-electron chi connectivity index (χ2n) is 5.98. The molecule has 0 saturated heterocycles. The molecule has 1 amide bonds. The van der Waals surface area contributed by atoms with Crippen LogP contribution >= 0.6 is 0 Å². The SMILES string of the molecule is O=C(NCCC1=CCCCC1)c1ccc(NCc2ccco2)cn1. The first-order valence-corrected chi connectivity index (χ1v) is 8.50. The van der Waals surface area contributed by atoms with Gasteiger partial charge in [0.1, 0.15) is 11.5 Å². The fourth-order valence-electron chi connectivity index (χ4n) is 2.79. The summed E-state index contributed by atoms with van der Waals surface area (Å²) in [4.78, 5) is 16.3. The van der Waals surface area contributed by atoms with Gasteiger partial charge in [0.15, 0.2) is 0 Å². The van der Waals surface area contributed by atoms with Crippen molar-refractivity contribution in [2.24, 2.45) is 0 Å². The third-order valence-corrected chi connectivity index (χ3v) is 4.16. The molecule has 0 aromatic carbocycles. The van der Waals surface area contributed by atoms with Crippen LogP contribution in [-0.4, -0.2) is 17.4 Å². The minimum Gasteiger partial charge on any atom is -0.467 e. The molecule has 0 saturated carbocycles. The second-order valence-corrected chi connectivity index (χ2v) is 5.98. The minimum atomic E-state index is -0.121. The maximum Gasteiger partial charge on any atom is 0.269 e. The number of furan rings is 1. The van der Waals surface area contributed by atoms with Crippen molar-refractivity contribution < 1.29 is 9.21 Å². The van der Waals surface area contributed by atoms with Crippen molar-refractivity contribution in [3.63, 3.8) is 0 Å². The standard InChI is InChI=1S/C19H23N3O2/c23-19(20-11-10-15-5-2-1-3-6-15)18-9-8-16(13-22-18)21-14-17-7-4-12-24-17/h4-5,7-9,12-13,21H,1-3,6,10-11,14H2,(H,20,23). The van der Waals surface area contributed by atoms with Gasteiger partial charge in [0, 0.05) is 6.54 Å². The van der Waals surface area contributed by atoms with Gasteiger partial charge in [0.2, 0.25) is 0 Å². The van der Waals surface area contributed by atoms with Crippen molar-refractivity contribution >= 4 is 11.6 Å². The highest BCUT2D eigenvalue weighted by molar-refractivity contribution is 5.92. The zero-order valence-electron chi connectivity index (χ0n) is 13.8. The molecular formula is C19H23N3O2. The van der Waals surface area contributed by atoms with Crippen LogP contribution in [0.15, 0.2) is 52.8 Å². The monoisotopic (exact) mass is 325 g/mol. The van der Waals surface area contributed by atoms with Crippen LogP contribution in [0.1, 0.15) is 48.4 Å². The highest BCUT2D eigenvalue weighted by Crippen LogP contribution is 2.19. The van der Waals surface area contributed by atoms with Crippen LogP contribution in [0.2, 0.25) is 0 Å². The van der Waals surface area contributed by atoms with Gasteiger partial charge in [-0.25, -0.2) is 4.98 Å². The fraction of sp³-hybridized carbons (Fsp3) is 0.368. The van der Waals surface area contributed by atoms with Crippen molar-refractivity contribution in [3.8, 4) is 0 Å². The van der Waals surface area contributed by atoms with Crippen LogP contribution in [0, 0.1) is 0 Å². The van der Waals surface area contributed by atoms with Crippen molar-refractivity contribution in [3.05, 3.63) is 59.8 Å². The van der Waals surface area contributed by atoms with Crippen LogP contribution in [0.25, 0.3) is 0 Å². The maximum atomic E-state index is 12.1. The van der Waals surface area contributed by atoms with Crippen molar-refractivity contribution in [1.82, 2.24) is 10.3 Å². The molecule has 0 bridgehead atoms. The summed E-state index contributed by atoms with van der Waals surface area (Å²) in [5, 5.41) is 6.15. The Hall–Kier alpha value is -2.56. The van der Waals surface area contributed by atoms with Crippen molar-refractivity contribution in [2.75, 3.05) is 11.9 Å². The van der Waals surface area contributed by atoms with Gasteiger partial charge in [-0.1, -0.05) is 11.6 Å². The number of allylic oxidation sites excluding steroid dienone is 1. The predicted molar refractivity (Wildman–Crippen MR) is 93.8 cm³/mol. The van der Waals surface area contributed by atoms with E-state index < -0.39 is 0 Å². The summed E-state index contributed by atoms with van der Waals surface area (Å²) in [6.07, 6.45) is 11.5. The lowest BCUT2D eigenvalue weighted by Gasteiger charge is -2.12. The molecule has 0 unspecified atom stereocenters. The van der Waals surface area contributed by atoms with E-state index in [9.17, 15) is 4.79 Å². The summed E-state index contributed by atoms with van der Waals surface area (Å²) in [7, 11) is 0. The molecule has 1 aliphatic rings. The van der Waals surface area contributed by atoms with E-state index in [0.717, 1.165) is 17.9 Å². The van der Waals surface area contributed by atoms with Gasteiger partial charge < -0.3 is 15.1 Å². The van der Waals surface area contributed by atoms with Crippen LogP contribution in [0.5, 0.6) is 0 Å². The van der Waals surface area contributed by atoms with Gasteiger partial charge in [0.05, 0.1) is 24.7 Å². The van der Waals surface area contributed by atoms with E-state index in [0.29, 0.717) is 18.8 Å². The van der Waals surface area contributed by atoms with Crippen molar-refractivity contribution in [2.45, 2.75) is 38.6 Å². The average molecular weight is 325 g/mol. The van der Waals surface area contributed by atoms with Gasteiger partial charge >= 0.3 is 0 Å². The molecule has 0 atom stereocenters. The number of pyridine rings is 1. The molecule has 0 aliphatic heterocycles. The second kappa shape index (κ2) is 8.34. The number of rotatable bonds is 7. The molecule has 2 aromatic heterocycles. The van der Waals surface area contributed by atoms with Gasteiger partial charge in [-0.3, -0.25) is 4.79 Å². The van der Waals surface area contributed by atoms with Crippen molar-refractivity contribution in [1.29, 1.82) is 0 Å². The zero-order chi connectivity index (χ0) is 16.6. The largest absolute Gasteiger partial charge is 0.467 e. The lowest BCUT2D eigenvalue weighted by atomic mass is 9.97. The average Bonchev–Trinajstić information content (AvgIpc) is 3.15. The summed E-state index contributed by atoms with van der Waals surface area (Å²) < 4.78 is 5.26. The maximum absolute atomic E-state index is 12.1. The highest BCUT2D eigenvalue weighted by Gasteiger charge is 2.08. The van der Waals surface area contributed by atoms with Gasteiger partial charge in [-0.05, 0) is 56.4 Å². The number of anilines is 1. The molecular weight excluding hydrogens is 302 g/mol. The Kier molecular flexibility index (Phi) is 5.66. The lowest BCUT2D eigenvalue weighted by Crippen LogP contribution is -2.25. The highest BCUT2D eigenvalue weighted by atomic mass is 16.3. The summed E-state index contributed by atoms with van der Waals surface area (Å²) in [6.45, 7) is 1.26. The molecule has 1 aliphatic carbocycles. The van der Waals surface area contributed by atoms with Crippen LogP contribution in [-0.2, 0) is 6.54 Å². The third kappa shape index (κ3) is 4.72. The molecule has 2 aromatic rings. The summed E-state index contributed by atoms with van der Waals surface area (Å²) >= 11 is 0. The fourth-order valence-corrected chi connectivity index (χ4v) is 2.79. The minimum absolute atomic E-state index is 0.121. The Morgan fingerprint density at radius 1 is 1.25 bits per heavy atom. The number of nitrogens with zero attached hydrogens (tertiary/aromatic N) is 1. The van der Waals surface area contributed by atoms with E-state index in [1.54, 1.807) is 18.5 Å². The summed E-state index contributed by atoms with van der Waals surface area (Å²) in [6, 6.07) is 7.35. The lowest BCUT2D eigenvalue weighted by molar-refractivity contribution is 0.0949. The first-order valence-electron chi connectivity index (χ1n) is 8.50. The topological polar surface area (TPSA) is 67.2 Å². The van der Waals surface area contributed by atoms with Gasteiger partial charge in [0.25, 0.3) is 5.91 Å². The number of carbonyl (C=O) groups is 1. The summed E-state index contributed by atoms with van der Waals surface area (Å²) in [5.74, 6) is 0.734. The zero-order valence-corrected chi connectivity index (χ0v) is 13.8. The molecule has 3 rings (SSSR count). The van der Waals surface area contributed by atoms with Crippen LogP contribution in [0.4, 0.5) is 5.69 Å². The van der Waals surface area contributed by atoms with Crippen LogP contribution < -0.4 is 10.6 Å². The number of amides is 1. The number of aromatic nitrogens is 1. The van der Waals surface area contributed by atoms with E-state index in [4.69, 9.17) is 4.42 Å². The molecule has 5 nitrogen and oxygen atoms in total. The molecule has 5 heteroatoms. The number of hydrogen-bond donors (Lipinski definition) is 2. The quantitative estimate of drug-likeness (QED) is 0.758. The van der Waals surface area contributed by atoms with E-state index >= 15 is 0 Å². The van der Waals surface area contributed by atoms with Gasteiger partial charge in [-0.15, -0.1) is 0 Å². The van der Waals surface area contributed by atoms with E-state index in [-0.39, 0.29) is 5.91 Å². The predicted octanol–water partition coefficient (Wildman–Crippen LogP) is 3.91.